The number of benzene rings is 1. The van der Waals surface area contributed by atoms with Gasteiger partial charge in [0, 0.05) is 17.1 Å². The lowest BCUT2D eigenvalue weighted by Gasteiger charge is -2.36. The molecule has 1 aliphatic carbocycles. The summed E-state index contributed by atoms with van der Waals surface area (Å²) in [7, 11) is 0. The Hall–Kier alpha value is -0.580. The van der Waals surface area contributed by atoms with E-state index < -0.39 is 0 Å². The van der Waals surface area contributed by atoms with Crippen molar-refractivity contribution in [3.63, 3.8) is 0 Å². The molecule has 1 aliphatic rings. The lowest BCUT2D eigenvalue weighted by Crippen LogP contribution is -2.34. The van der Waals surface area contributed by atoms with Crippen LogP contribution in [0.5, 0.6) is 0 Å². The van der Waals surface area contributed by atoms with Crippen LogP contribution in [0, 0.1) is 0 Å². The number of rotatable bonds is 4. The summed E-state index contributed by atoms with van der Waals surface area (Å²) in [6, 6.07) is 6.67. The number of alkyl halides is 1. The average Bonchev–Trinajstić information content (AvgIpc) is 2.70. The number of hydrogen-bond donors (Lipinski definition) is 0. The SMILES string of the molecule is CCOC1CC(n2c(CCl)nc3cc(Br)ccc32)C1. The minimum absolute atomic E-state index is 0.395. The molecule has 2 aromatic rings. The van der Waals surface area contributed by atoms with Gasteiger partial charge in [-0.25, -0.2) is 4.98 Å². The number of nitrogens with zero attached hydrogens (tertiary/aromatic N) is 2. The molecule has 0 aliphatic heterocycles. The van der Waals surface area contributed by atoms with Crippen molar-refractivity contribution in [1.82, 2.24) is 9.55 Å². The zero-order valence-electron chi connectivity index (χ0n) is 10.8. The Morgan fingerprint density at radius 2 is 2.26 bits per heavy atom. The van der Waals surface area contributed by atoms with Gasteiger partial charge < -0.3 is 9.30 Å². The van der Waals surface area contributed by atoms with Crippen LogP contribution in [0.3, 0.4) is 0 Å². The van der Waals surface area contributed by atoms with Crippen LogP contribution in [0.15, 0.2) is 22.7 Å². The minimum atomic E-state index is 0.395. The Kier molecular flexibility index (Phi) is 3.83. The number of fused-ring (bicyclic) bond motifs is 1. The van der Waals surface area contributed by atoms with Crippen molar-refractivity contribution in [3.05, 3.63) is 28.5 Å². The van der Waals surface area contributed by atoms with Crippen molar-refractivity contribution >= 4 is 38.6 Å². The lowest BCUT2D eigenvalue weighted by molar-refractivity contribution is -0.0192. The van der Waals surface area contributed by atoms with E-state index in [9.17, 15) is 0 Å². The average molecular weight is 344 g/mol. The molecule has 5 heteroatoms. The fourth-order valence-corrected chi connectivity index (χ4v) is 3.28. The van der Waals surface area contributed by atoms with Gasteiger partial charge in [-0.2, -0.15) is 0 Å². The van der Waals surface area contributed by atoms with Crippen LogP contribution >= 0.6 is 27.5 Å². The van der Waals surface area contributed by atoms with Crippen LogP contribution < -0.4 is 0 Å². The molecule has 1 fully saturated rings. The third-order valence-corrected chi connectivity index (χ3v) is 4.41. The first kappa shape index (κ1) is 13.4. The Morgan fingerprint density at radius 3 is 2.95 bits per heavy atom. The highest BCUT2D eigenvalue weighted by Gasteiger charge is 2.33. The van der Waals surface area contributed by atoms with E-state index in [0.717, 1.165) is 35.3 Å². The Labute approximate surface area is 126 Å². The summed E-state index contributed by atoms with van der Waals surface area (Å²) in [6.45, 7) is 2.83. The van der Waals surface area contributed by atoms with Crippen molar-refractivity contribution in [3.8, 4) is 0 Å². The summed E-state index contributed by atoms with van der Waals surface area (Å²) in [5.74, 6) is 1.40. The molecule has 0 atom stereocenters. The maximum absolute atomic E-state index is 6.04. The summed E-state index contributed by atoms with van der Waals surface area (Å²) in [5, 5.41) is 0. The molecule has 0 N–H and O–H groups in total. The highest BCUT2D eigenvalue weighted by molar-refractivity contribution is 9.10. The number of aromatic nitrogens is 2. The molecule has 0 spiro atoms. The number of ether oxygens (including phenoxy) is 1. The molecule has 0 bridgehead atoms. The van der Waals surface area contributed by atoms with E-state index in [-0.39, 0.29) is 0 Å². The van der Waals surface area contributed by atoms with Gasteiger partial charge in [-0.1, -0.05) is 15.9 Å². The van der Waals surface area contributed by atoms with Crippen LogP contribution in [0.25, 0.3) is 11.0 Å². The quantitative estimate of drug-likeness (QED) is 0.775. The number of hydrogen-bond acceptors (Lipinski definition) is 2. The number of imidazole rings is 1. The molecule has 1 aromatic heterocycles. The summed E-state index contributed by atoms with van der Waals surface area (Å²) in [5.41, 5.74) is 2.17. The van der Waals surface area contributed by atoms with Crippen molar-refractivity contribution in [2.45, 2.75) is 37.8 Å². The van der Waals surface area contributed by atoms with E-state index in [2.05, 4.69) is 37.6 Å². The second kappa shape index (κ2) is 5.43. The third kappa shape index (κ3) is 2.41. The molecule has 0 amide bonds. The zero-order chi connectivity index (χ0) is 13.4. The van der Waals surface area contributed by atoms with Gasteiger partial charge in [-0.05, 0) is 38.0 Å². The summed E-state index contributed by atoms with van der Waals surface area (Å²) in [4.78, 5) is 4.63. The first-order chi connectivity index (χ1) is 9.22. The summed E-state index contributed by atoms with van der Waals surface area (Å²) in [6.07, 6.45) is 2.50. The molecule has 0 saturated heterocycles. The van der Waals surface area contributed by atoms with Crippen molar-refractivity contribution < 1.29 is 4.74 Å². The standard InChI is InChI=1S/C14H16BrClN2O/c1-2-19-11-6-10(7-11)18-13-4-3-9(15)5-12(13)17-14(18)8-16/h3-5,10-11H,2,6-8H2,1H3. The van der Waals surface area contributed by atoms with Crippen LogP contribution in [0.1, 0.15) is 31.6 Å². The summed E-state index contributed by atoms with van der Waals surface area (Å²) >= 11 is 9.52. The maximum atomic E-state index is 6.04. The van der Waals surface area contributed by atoms with E-state index in [1.54, 1.807) is 0 Å². The van der Waals surface area contributed by atoms with E-state index in [4.69, 9.17) is 16.3 Å². The van der Waals surface area contributed by atoms with E-state index >= 15 is 0 Å². The Morgan fingerprint density at radius 1 is 1.47 bits per heavy atom. The second-order valence-electron chi connectivity index (χ2n) is 4.87. The van der Waals surface area contributed by atoms with Gasteiger partial charge in [-0.3, -0.25) is 0 Å². The van der Waals surface area contributed by atoms with Crippen molar-refractivity contribution in [2.24, 2.45) is 0 Å². The molecule has 1 aromatic carbocycles. The highest BCUT2D eigenvalue weighted by atomic mass is 79.9. The van der Waals surface area contributed by atoms with Gasteiger partial charge >= 0.3 is 0 Å². The van der Waals surface area contributed by atoms with Crippen LogP contribution in [0.2, 0.25) is 0 Å². The smallest absolute Gasteiger partial charge is 0.125 e. The maximum Gasteiger partial charge on any atom is 0.125 e. The van der Waals surface area contributed by atoms with Crippen LogP contribution in [-0.4, -0.2) is 22.3 Å². The molecule has 0 unspecified atom stereocenters. The first-order valence-corrected chi connectivity index (χ1v) is 7.89. The molecule has 1 heterocycles. The zero-order valence-corrected chi connectivity index (χ0v) is 13.1. The molecule has 3 nitrogen and oxygen atoms in total. The summed E-state index contributed by atoms with van der Waals surface area (Å²) < 4.78 is 8.97. The Bertz CT molecular complexity index is 592. The fraction of sp³-hybridized carbons (Fsp3) is 0.500. The predicted octanol–water partition coefficient (Wildman–Crippen LogP) is 4.28. The molecular formula is C14H16BrClN2O. The van der Waals surface area contributed by atoms with Gasteiger partial charge in [0.05, 0.1) is 23.0 Å². The van der Waals surface area contributed by atoms with Gasteiger partial charge in [0.2, 0.25) is 0 Å². The molecule has 0 radical (unpaired) electrons. The molecule has 1 saturated carbocycles. The topological polar surface area (TPSA) is 27.1 Å². The molecular weight excluding hydrogens is 328 g/mol. The lowest BCUT2D eigenvalue weighted by atomic mass is 9.88. The number of halogens is 2. The van der Waals surface area contributed by atoms with Gasteiger partial charge in [0.15, 0.2) is 0 Å². The highest BCUT2D eigenvalue weighted by Crippen LogP contribution is 2.38. The third-order valence-electron chi connectivity index (χ3n) is 3.68. The van der Waals surface area contributed by atoms with E-state index in [1.807, 2.05) is 13.0 Å². The fourth-order valence-electron chi connectivity index (χ4n) is 2.74. The minimum Gasteiger partial charge on any atom is -0.378 e. The second-order valence-corrected chi connectivity index (χ2v) is 6.05. The van der Waals surface area contributed by atoms with Crippen molar-refractivity contribution in [1.29, 1.82) is 0 Å². The normalized spacial score (nSPS) is 22.7. The molecule has 19 heavy (non-hydrogen) atoms. The molecule has 102 valence electrons. The Balaban J connectivity index is 1.94. The van der Waals surface area contributed by atoms with Crippen LogP contribution in [0.4, 0.5) is 0 Å². The van der Waals surface area contributed by atoms with Gasteiger partial charge in [-0.15, -0.1) is 11.6 Å². The largest absolute Gasteiger partial charge is 0.378 e. The first-order valence-electron chi connectivity index (χ1n) is 6.56. The van der Waals surface area contributed by atoms with Gasteiger partial charge in [0.25, 0.3) is 0 Å². The van der Waals surface area contributed by atoms with E-state index in [0.29, 0.717) is 18.0 Å². The molecule has 3 rings (SSSR count). The monoisotopic (exact) mass is 342 g/mol. The predicted molar refractivity (Wildman–Crippen MR) is 80.7 cm³/mol. The van der Waals surface area contributed by atoms with Crippen LogP contribution in [-0.2, 0) is 10.6 Å². The van der Waals surface area contributed by atoms with E-state index in [1.165, 1.54) is 5.52 Å². The van der Waals surface area contributed by atoms with Gasteiger partial charge in [0.1, 0.15) is 5.82 Å². The van der Waals surface area contributed by atoms with Crippen molar-refractivity contribution in [2.75, 3.05) is 6.61 Å².